The van der Waals surface area contributed by atoms with Gasteiger partial charge in [-0.05, 0) is 78.1 Å². The minimum atomic E-state index is -5.69. The third-order valence-electron chi connectivity index (χ3n) is 3.54. The Morgan fingerprint density at radius 1 is 1.00 bits per heavy atom. The molecule has 0 spiro atoms. The van der Waals surface area contributed by atoms with Crippen LogP contribution in [0, 0.1) is 30.4 Å². The van der Waals surface area contributed by atoms with E-state index in [1.54, 1.807) is 66.0 Å². The lowest BCUT2D eigenvalue weighted by Crippen LogP contribution is -2.28. The molecule has 0 aliphatic carbocycles. The van der Waals surface area contributed by atoms with Crippen LogP contribution in [0.2, 0.25) is 0 Å². The molecule has 2 aromatic carbocycles. The molecular weight excluding hydrogens is 704 g/mol. The van der Waals surface area contributed by atoms with Gasteiger partial charge in [-0.1, -0.05) is 0 Å². The Morgan fingerprint density at radius 2 is 1.52 bits per heavy atom. The molecule has 8 nitrogen and oxygen atoms in total. The molecule has 15 heteroatoms. The first-order chi connectivity index (χ1) is 14.9. The number of amides is 1. The maximum Gasteiger partial charge on any atom is 0.412 e. The van der Waals surface area contributed by atoms with Crippen molar-refractivity contribution in [1.82, 2.24) is 0 Å². The van der Waals surface area contributed by atoms with Gasteiger partial charge in [0.25, 0.3) is 0 Å². The van der Waals surface area contributed by atoms with Crippen molar-refractivity contribution < 1.29 is 49.6 Å². The molecule has 0 aliphatic rings. The van der Waals surface area contributed by atoms with E-state index in [9.17, 15) is 35.6 Å². The van der Waals surface area contributed by atoms with Crippen molar-refractivity contribution in [2.45, 2.75) is 31.3 Å². The summed E-state index contributed by atoms with van der Waals surface area (Å²) in [6.45, 7) is 4.72. The fraction of sp³-hybridized carbons (Fsp3) is 0.222. The standard InChI is InChI=1S/C18H13F4I2NO7S/c1-18(2,3)32-17(27)25-13-7(4-6(23)5-8(13)24)16(26)31-14-9(19)11(21)15(33(28,29)30)12(22)10(14)20/h4-5H,1-3H3,(H,25,27)(H,28,29,30). The highest BCUT2D eigenvalue weighted by Gasteiger charge is 2.34. The zero-order valence-electron chi connectivity index (χ0n) is 16.7. The lowest BCUT2D eigenvalue weighted by molar-refractivity contribution is 0.0635. The van der Waals surface area contributed by atoms with Crippen molar-refractivity contribution in [2.24, 2.45) is 0 Å². The fourth-order valence-corrected chi connectivity index (χ4v) is 4.93. The molecule has 0 saturated carbocycles. The Bertz CT molecular complexity index is 1230. The van der Waals surface area contributed by atoms with Crippen LogP contribution in [-0.2, 0) is 14.9 Å². The van der Waals surface area contributed by atoms with Gasteiger partial charge >= 0.3 is 22.2 Å². The number of esters is 1. The number of hydrogen-bond acceptors (Lipinski definition) is 6. The van der Waals surface area contributed by atoms with Gasteiger partial charge < -0.3 is 9.47 Å². The van der Waals surface area contributed by atoms with Crippen LogP contribution < -0.4 is 10.1 Å². The number of halogens is 6. The van der Waals surface area contributed by atoms with Crippen LogP contribution in [-0.4, -0.2) is 30.6 Å². The zero-order valence-corrected chi connectivity index (χ0v) is 21.9. The summed E-state index contributed by atoms with van der Waals surface area (Å²) >= 11 is 3.52. The summed E-state index contributed by atoms with van der Waals surface area (Å²) in [7, 11) is -5.69. The van der Waals surface area contributed by atoms with Crippen LogP contribution in [0.1, 0.15) is 31.1 Å². The van der Waals surface area contributed by atoms with Crippen LogP contribution in [0.4, 0.5) is 28.0 Å². The average molecular weight is 717 g/mol. The highest BCUT2D eigenvalue weighted by atomic mass is 127. The molecule has 0 unspecified atom stereocenters. The normalized spacial score (nSPS) is 11.8. The van der Waals surface area contributed by atoms with Gasteiger partial charge in [0.15, 0.2) is 16.5 Å². The summed E-state index contributed by atoms with van der Waals surface area (Å²) in [6, 6.07) is 2.67. The first kappa shape index (κ1) is 27.5. The average Bonchev–Trinajstić information content (AvgIpc) is 2.63. The molecule has 0 heterocycles. The first-order valence-electron chi connectivity index (χ1n) is 8.48. The van der Waals surface area contributed by atoms with Crippen molar-refractivity contribution in [2.75, 3.05) is 5.32 Å². The summed E-state index contributed by atoms with van der Waals surface area (Å²) in [4.78, 5) is 22.5. The van der Waals surface area contributed by atoms with E-state index in [4.69, 9.17) is 9.29 Å². The molecule has 2 N–H and O–H groups in total. The summed E-state index contributed by atoms with van der Waals surface area (Å²) in [5, 5.41) is 2.29. The fourth-order valence-electron chi connectivity index (χ4n) is 2.32. The Kier molecular flexibility index (Phi) is 8.23. The van der Waals surface area contributed by atoms with Crippen molar-refractivity contribution in [3.63, 3.8) is 0 Å². The number of ether oxygens (including phenoxy) is 2. The van der Waals surface area contributed by atoms with E-state index < -0.39 is 67.3 Å². The smallest absolute Gasteiger partial charge is 0.412 e. The second kappa shape index (κ2) is 9.87. The summed E-state index contributed by atoms with van der Waals surface area (Å²) < 4.78 is 97.6. The summed E-state index contributed by atoms with van der Waals surface area (Å²) in [6.07, 6.45) is -0.984. The van der Waals surface area contributed by atoms with E-state index in [-0.39, 0.29) is 9.26 Å². The van der Waals surface area contributed by atoms with Gasteiger partial charge in [0.2, 0.25) is 17.4 Å². The highest BCUT2D eigenvalue weighted by Crippen LogP contribution is 2.34. The van der Waals surface area contributed by atoms with E-state index in [1.807, 2.05) is 0 Å². The maximum atomic E-state index is 14.2. The van der Waals surface area contributed by atoms with Crippen LogP contribution in [0.3, 0.4) is 0 Å². The number of nitrogens with one attached hydrogen (secondary N) is 1. The van der Waals surface area contributed by atoms with Crippen molar-refractivity contribution in [3.8, 4) is 5.75 Å². The number of hydrogen-bond donors (Lipinski definition) is 2. The van der Waals surface area contributed by atoms with Gasteiger partial charge in [-0.3, -0.25) is 9.87 Å². The highest BCUT2D eigenvalue weighted by molar-refractivity contribution is 14.1. The van der Waals surface area contributed by atoms with E-state index in [2.05, 4.69) is 10.1 Å². The molecule has 2 aromatic rings. The van der Waals surface area contributed by atoms with Gasteiger partial charge in [0, 0.05) is 7.14 Å². The number of anilines is 1. The third-order valence-corrected chi connectivity index (χ3v) is 5.88. The Hall–Kier alpha value is -1.73. The maximum absolute atomic E-state index is 14.2. The quantitative estimate of drug-likeness (QED) is 0.111. The van der Waals surface area contributed by atoms with Gasteiger partial charge in [-0.25, -0.2) is 18.4 Å². The van der Waals surface area contributed by atoms with Gasteiger partial charge in [0.05, 0.1) is 11.3 Å². The molecule has 0 fully saturated rings. The predicted molar refractivity (Wildman–Crippen MR) is 123 cm³/mol. The predicted octanol–water partition coefficient (Wildman–Crippen LogP) is 5.27. The molecular formula is C18H13F4I2NO7S. The Labute approximate surface area is 212 Å². The molecule has 0 bridgehead atoms. The van der Waals surface area contributed by atoms with Crippen molar-refractivity contribution in [1.29, 1.82) is 0 Å². The minimum Gasteiger partial charge on any atom is -0.444 e. The monoisotopic (exact) mass is 717 g/mol. The lowest BCUT2D eigenvalue weighted by atomic mass is 10.1. The second-order valence-corrected chi connectivity index (χ2v) is 11.0. The van der Waals surface area contributed by atoms with Gasteiger partial charge in [-0.15, -0.1) is 0 Å². The number of carbonyl (C=O) groups excluding carboxylic acids is 2. The van der Waals surface area contributed by atoms with E-state index >= 15 is 0 Å². The molecule has 0 atom stereocenters. The third kappa shape index (κ3) is 6.44. The molecule has 0 aliphatic heterocycles. The largest absolute Gasteiger partial charge is 0.444 e. The molecule has 0 saturated heterocycles. The first-order valence-corrected chi connectivity index (χ1v) is 12.1. The second-order valence-electron chi connectivity index (χ2n) is 7.22. The van der Waals surface area contributed by atoms with E-state index in [0.717, 1.165) is 6.07 Å². The molecule has 2 rings (SSSR count). The topological polar surface area (TPSA) is 119 Å². The van der Waals surface area contributed by atoms with Gasteiger partial charge in [-0.2, -0.15) is 17.2 Å². The SMILES string of the molecule is CC(C)(C)OC(=O)Nc1c(I)cc(I)cc1C(=O)Oc1c(F)c(F)c(S(=O)(=O)O)c(F)c1F. The lowest BCUT2D eigenvalue weighted by Gasteiger charge is -2.21. The summed E-state index contributed by atoms with van der Waals surface area (Å²) in [5.41, 5.74) is -1.56. The van der Waals surface area contributed by atoms with Gasteiger partial charge in [0.1, 0.15) is 5.60 Å². The van der Waals surface area contributed by atoms with E-state index in [1.165, 1.54) is 6.07 Å². The van der Waals surface area contributed by atoms with Crippen LogP contribution in [0.15, 0.2) is 17.0 Å². The number of rotatable bonds is 4. The number of carbonyl (C=O) groups is 2. The zero-order chi connectivity index (χ0) is 25.5. The Morgan fingerprint density at radius 3 is 1.97 bits per heavy atom. The summed E-state index contributed by atoms with van der Waals surface area (Å²) in [5.74, 6) is -13.2. The van der Waals surface area contributed by atoms with Crippen LogP contribution in [0.25, 0.3) is 0 Å². The molecule has 0 radical (unpaired) electrons. The minimum absolute atomic E-state index is 0.188. The molecule has 180 valence electrons. The molecule has 1 amide bonds. The van der Waals surface area contributed by atoms with Crippen LogP contribution >= 0.6 is 45.2 Å². The Balaban J connectivity index is 2.55. The molecule has 33 heavy (non-hydrogen) atoms. The number of benzene rings is 2. The molecule has 0 aromatic heterocycles. The van der Waals surface area contributed by atoms with Crippen molar-refractivity contribution >= 4 is 73.0 Å². The van der Waals surface area contributed by atoms with Crippen LogP contribution in [0.5, 0.6) is 5.75 Å². The van der Waals surface area contributed by atoms with E-state index in [0.29, 0.717) is 3.57 Å². The van der Waals surface area contributed by atoms with Crippen molar-refractivity contribution in [3.05, 3.63) is 48.1 Å².